The van der Waals surface area contributed by atoms with Crippen LogP contribution in [0.1, 0.15) is 5.69 Å². The van der Waals surface area contributed by atoms with Gasteiger partial charge in [0.05, 0.1) is 22.5 Å². The highest BCUT2D eigenvalue weighted by Crippen LogP contribution is 2.30. The summed E-state index contributed by atoms with van der Waals surface area (Å²) in [4.78, 5) is 14.2. The summed E-state index contributed by atoms with van der Waals surface area (Å²) in [6.45, 7) is 0. The first-order valence-corrected chi connectivity index (χ1v) is 7.59. The van der Waals surface area contributed by atoms with Crippen LogP contribution in [-0.2, 0) is 0 Å². The minimum atomic E-state index is 0.822. The standard InChI is InChI=1S/C16H15N5S/c1-21(2)19-10-13-6-3-7-14(20-13)15-11-18-16(22-15)12-5-4-8-17-9-12/h3-11H,1-2H3/b19-10+. The van der Waals surface area contributed by atoms with Crippen molar-refractivity contribution in [2.75, 3.05) is 14.1 Å². The molecule has 0 unspecified atom stereocenters. The maximum absolute atomic E-state index is 4.60. The topological polar surface area (TPSA) is 54.3 Å². The number of aromatic nitrogens is 3. The Morgan fingerprint density at radius 1 is 1.14 bits per heavy atom. The lowest BCUT2D eigenvalue weighted by Gasteiger charge is -2.02. The number of hydrogen-bond donors (Lipinski definition) is 0. The number of hydrazone groups is 1. The van der Waals surface area contributed by atoms with Gasteiger partial charge >= 0.3 is 0 Å². The Labute approximate surface area is 133 Å². The van der Waals surface area contributed by atoms with Crippen molar-refractivity contribution in [1.82, 2.24) is 20.0 Å². The molecule has 3 aromatic rings. The highest BCUT2D eigenvalue weighted by atomic mass is 32.1. The molecule has 5 nitrogen and oxygen atoms in total. The molecule has 6 heteroatoms. The summed E-state index contributed by atoms with van der Waals surface area (Å²) in [5.74, 6) is 0. The lowest BCUT2D eigenvalue weighted by atomic mass is 10.3. The van der Waals surface area contributed by atoms with Crippen LogP contribution in [0.5, 0.6) is 0 Å². The van der Waals surface area contributed by atoms with E-state index >= 15 is 0 Å². The minimum Gasteiger partial charge on any atom is -0.303 e. The van der Waals surface area contributed by atoms with Crippen molar-refractivity contribution in [1.29, 1.82) is 0 Å². The second kappa shape index (κ2) is 6.44. The lowest BCUT2D eigenvalue weighted by Crippen LogP contribution is -2.02. The Hall–Kier alpha value is -2.60. The fraction of sp³-hybridized carbons (Fsp3) is 0.125. The summed E-state index contributed by atoms with van der Waals surface area (Å²) in [6, 6.07) is 9.80. The van der Waals surface area contributed by atoms with Gasteiger partial charge in [0, 0.05) is 38.2 Å². The van der Waals surface area contributed by atoms with E-state index in [-0.39, 0.29) is 0 Å². The van der Waals surface area contributed by atoms with E-state index in [9.17, 15) is 0 Å². The van der Waals surface area contributed by atoms with Crippen molar-refractivity contribution >= 4 is 17.6 Å². The summed E-state index contributed by atoms with van der Waals surface area (Å²) in [5, 5.41) is 6.89. The quantitative estimate of drug-likeness (QED) is 0.549. The highest BCUT2D eigenvalue weighted by Gasteiger charge is 2.08. The van der Waals surface area contributed by atoms with E-state index in [2.05, 4.69) is 20.1 Å². The predicted octanol–water partition coefficient (Wildman–Crippen LogP) is 3.16. The van der Waals surface area contributed by atoms with Crippen LogP contribution in [0.15, 0.2) is 54.0 Å². The largest absolute Gasteiger partial charge is 0.303 e. The molecule has 3 rings (SSSR count). The summed E-state index contributed by atoms with van der Waals surface area (Å²) >= 11 is 1.60. The Kier molecular flexibility index (Phi) is 4.20. The van der Waals surface area contributed by atoms with Gasteiger partial charge in [-0.3, -0.25) is 4.98 Å². The van der Waals surface area contributed by atoms with Crippen LogP contribution < -0.4 is 0 Å². The fourth-order valence-electron chi connectivity index (χ4n) is 1.85. The average Bonchev–Trinajstić information content (AvgIpc) is 3.04. The van der Waals surface area contributed by atoms with Crippen LogP contribution in [0.25, 0.3) is 21.1 Å². The molecule has 0 bridgehead atoms. The van der Waals surface area contributed by atoms with Gasteiger partial charge in [-0.05, 0) is 24.3 Å². The second-order valence-electron chi connectivity index (χ2n) is 4.81. The van der Waals surface area contributed by atoms with Gasteiger partial charge < -0.3 is 5.01 Å². The SMILES string of the molecule is CN(C)/N=C/c1cccc(-c2cnc(-c3cccnc3)s2)n1. The van der Waals surface area contributed by atoms with Crippen LogP contribution in [0.4, 0.5) is 0 Å². The van der Waals surface area contributed by atoms with Crippen LogP contribution in [0.2, 0.25) is 0 Å². The molecule has 0 N–H and O–H groups in total. The van der Waals surface area contributed by atoms with Crippen molar-refractivity contribution in [2.24, 2.45) is 5.10 Å². The third-order valence-electron chi connectivity index (χ3n) is 2.86. The van der Waals surface area contributed by atoms with Gasteiger partial charge in [-0.25, -0.2) is 9.97 Å². The maximum Gasteiger partial charge on any atom is 0.125 e. The van der Waals surface area contributed by atoms with E-state index in [0.717, 1.165) is 26.8 Å². The van der Waals surface area contributed by atoms with Gasteiger partial charge in [-0.1, -0.05) is 6.07 Å². The number of pyridine rings is 2. The predicted molar refractivity (Wildman–Crippen MR) is 89.9 cm³/mol. The Balaban J connectivity index is 1.89. The molecule has 0 aromatic carbocycles. The lowest BCUT2D eigenvalue weighted by molar-refractivity contribution is 0.440. The number of nitrogens with zero attached hydrogens (tertiary/aromatic N) is 5. The molecule has 3 aromatic heterocycles. The van der Waals surface area contributed by atoms with E-state index in [0.29, 0.717) is 0 Å². The summed E-state index contributed by atoms with van der Waals surface area (Å²) in [7, 11) is 3.76. The molecule has 110 valence electrons. The molecule has 0 atom stereocenters. The molecule has 0 fully saturated rings. The number of rotatable bonds is 4. The number of hydrogen-bond acceptors (Lipinski definition) is 6. The fourth-order valence-corrected chi connectivity index (χ4v) is 2.73. The van der Waals surface area contributed by atoms with Crippen molar-refractivity contribution in [3.05, 3.63) is 54.6 Å². The van der Waals surface area contributed by atoms with Crippen molar-refractivity contribution in [3.8, 4) is 21.1 Å². The van der Waals surface area contributed by atoms with Gasteiger partial charge in [0.15, 0.2) is 0 Å². The number of thiazole rings is 1. The molecular weight excluding hydrogens is 294 g/mol. The Morgan fingerprint density at radius 2 is 2.05 bits per heavy atom. The minimum absolute atomic E-state index is 0.822. The van der Waals surface area contributed by atoms with E-state index in [1.807, 2.05) is 56.8 Å². The van der Waals surface area contributed by atoms with Crippen LogP contribution >= 0.6 is 11.3 Å². The maximum atomic E-state index is 4.60. The first kappa shape index (κ1) is 14.3. The Morgan fingerprint density at radius 3 is 2.82 bits per heavy atom. The molecule has 0 spiro atoms. The molecule has 0 aliphatic heterocycles. The molecule has 0 amide bonds. The monoisotopic (exact) mass is 309 g/mol. The second-order valence-corrected chi connectivity index (χ2v) is 5.84. The third-order valence-corrected chi connectivity index (χ3v) is 3.93. The zero-order valence-electron chi connectivity index (χ0n) is 12.3. The molecule has 0 aliphatic rings. The molecule has 0 saturated heterocycles. The molecule has 0 aliphatic carbocycles. The van der Waals surface area contributed by atoms with E-state index in [1.165, 1.54) is 0 Å². The van der Waals surface area contributed by atoms with Gasteiger partial charge in [0.1, 0.15) is 5.01 Å². The van der Waals surface area contributed by atoms with Crippen molar-refractivity contribution in [2.45, 2.75) is 0 Å². The van der Waals surface area contributed by atoms with Gasteiger partial charge in [0.25, 0.3) is 0 Å². The first-order chi connectivity index (χ1) is 10.7. The molecular formula is C16H15N5S. The van der Waals surface area contributed by atoms with Gasteiger partial charge in [-0.2, -0.15) is 5.10 Å². The third kappa shape index (κ3) is 3.35. The van der Waals surface area contributed by atoms with Crippen LogP contribution in [-0.4, -0.2) is 40.3 Å². The van der Waals surface area contributed by atoms with Gasteiger partial charge in [0.2, 0.25) is 0 Å². The zero-order chi connectivity index (χ0) is 15.4. The molecule has 0 radical (unpaired) electrons. The van der Waals surface area contributed by atoms with Crippen molar-refractivity contribution in [3.63, 3.8) is 0 Å². The van der Waals surface area contributed by atoms with E-state index in [4.69, 9.17) is 0 Å². The normalized spacial score (nSPS) is 11.0. The van der Waals surface area contributed by atoms with Gasteiger partial charge in [-0.15, -0.1) is 11.3 Å². The van der Waals surface area contributed by atoms with Crippen LogP contribution in [0, 0.1) is 0 Å². The van der Waals surface area contributed by atoms with E-state index < -0.39 is 0 Å². The smallest absolute Gasteiger partial charge is 0.125 e. The first-order valence-electron chi connectivity index (χ1n) is 6.77. The summed E-state index contributed by atoms with van der Waals surface area (Å²) < 4.78 is 0. The Bertz CT molecular complexity index is 780. The highest BCUT2D eigenvalue weighted by molar-refractivity contribution is 7.18. The molecule has 3 heterocycles. The molecule has 0 saturated carbocycles. The summed E-state index contributed by atoms with van der Waals surface area (Å²) in [6.07, 6.45) is 7.16. The van der Waals surface area contributed by atoms with E-state index in [1.54, 1.807) is 28.8 Å². The van der Waals surface area contributed by atoms with Crippen molar-refractivity contribution < 1.29 is 0 Å². The average molecular weight is 309 g/mol. The van der Waals surface area contributed by atoms with Crippen LogP contribution in [0.3, 0.4) is 0 Å². The zero-order valence-corrected chi connectivity index (χ0v) is 13.2. The molecule has 22 heavy (non-hydrogen) atoms. The summed E-state index contributed by atoms with van der Waals surface area (Å²) in [5.41, 5.74) is 2.74.